The molecule has 3 N–H and O–H groups in total. The van der Waals surface area contributed by atoms with E-state index in [1.54, 1.807) is 0 Å². The summed E-state index contributed by atoms with van der Waals surface area (Å²) in [6.07, 6.45) is 0. The fourth-order valence-corrected chi connectivity index (χ4v) is 1.10. The maximum atomic E-state index is 9.58. The van der Waals surface area contributed by atoms with Crippen LogP contribution >= 0.6 is 7.82 Å². The molecule has 0 radical (unpaired) electrons. The molecule has 0 aromatic rings. The first-order chi connectivity index (χ1) is 3.71. The molecule has 0 spiro atoms. The van der Waals surface area contributed by atoms with Crippen LogP contribution < -0.4 is 18.9 Å². The van der Waals surface area contributed by atoms with Crippen LogP contribution in [0.1, 0.15) is 1.43 Å². The minimum atomic E-state index is -5.13. The van der Waals surface area contributed by atoms with Crippen LogP contribution in [-0.4, -0.2) is 22.8 Å². The molecule has 0 fully saturated rings. The van der Waals surface area contributed by atoms with Crippen LogP contribution in [0.15, 0.2) is 0 Å². The molecule has 0 aliphatic rings. The molecule has 0 bridgehead atoms. The summed E-state index contributed by atoms with van der Waals surface area (Å²) in [6, 6.07) is 0. The maximum absolute atomic E-state index is 9.58. The second-order valence-corrected chi connectivity index (χ2v) is 3.43. The molecule has 0 atom stereocenters. The van der Waals surface area contributed by atoms with Gasteiger partial charge in [0.1, 0.15) is 0 Å². The number of rotatable bonds is 2. The van der Waals surface area contributed by atoms with Gasteiger partial charge < -0.3 is 11.2 Å². The van der Waals surface area contributed by atoms with Gasteiger partial charge >= 0.3 is 37.1 Å². The van der Waals surface area contributed by atoms with Gasteiger partial charge in [-0.15, -0.1) is 3.97 Å². The van der Waals surface area contributed by atoms with Crippen LogP contribution in [0.2, 0.25) is 0 Å². The molecular formula is H4LiO7PS. The zero-order valence-electron chi connectivity index (χ0n) is 5.83. The van der Waals surface area contributed by atoms with Crippen molar-refractivity contribution in [1.29, 1.82) is 0 Å². The molecule has 0 rings (SSSR count). The summed E-state index contributed by atoms with van der Waals surface area (Å²) in [4.78, 5) is 15.4. The van der Waals surface area contributed by atoms with E-state index < -0.39 is 18.2 Å². The molecule has 0 saturated heterocycles. The summed E-state index contributed by atoms with van der Waals surface area (Å²) in [5, 5.41) is 0. The van der Waals surface area contributed by atoms with Crippen LogP contribution in [0.5, 0.6) is 0 Å². The van der Waals surface area contributed by atoms with Gasteiger partial charge in [0.25, 0.3) is 0 Å². The van der Waals surface area contributed by atoms with Gasteiger partial charge in [-0.2, -0.15) is 8.42 Å². The second-order valence-electron chi connectivity index (χ2n) is 0.993. The fraction of sp³-hybridized carbons (Fsp3) is 0. The summed E-state index contributed by atoms with van der Waals surface area (Å²) in [6.45, 7) is 0. The van der Waals surface area contributed by atoms with E-state index in [1.165, 1.54) is 0 Å². The van der Waals surface area contributed by atoms with Gasteiger partial charge in [-0.05, 0) is 0 Å². The van der Waals surface area contributed by atoms with Gasteiger partial charge in [-0.25, -0.2) is 4.57 Å². The standard InChI is InChI=1S/Li.H3O7PS.H/c;1-8(2,3)7-9(4,5)6;/h;(H2,1,2,3)(H,4,5,6);/q+1;;-1. The van der Waals surface area contributed by atoms with Gasteiger partial charge in [-0.3, -0.25) is 4.55 Å². The van der Waals surface area contributed by atoms with Crippen molar-refractivity contribution in [3.8, 4) is 0 Å². The first-order valence-corrected chi connectivity index (χ1v) is 4.34. The van der Waals surface area contributed by atoms with E-state index in [-0.39, 0.29) is 20.3 Å². The number of hydrogen-bond donors (Lipinski definition) is 3. The number of phosphoric acid groups is 1. The van der Waals surface area contributed by atoms with Crippen LogP contribution in [0.4, 0.5) is 0 Å². The quantitative estimate of drug-likeness (QED) is 0.228. The predicted octanol–water partition coefficient (Wildman–Crippen LogP) is -3.98. The minimum Gasteiger partial charge on any atom is -1.00 e. The summed E-state index contributed by atoms with van der Waals surface area (Å²) in [5.41, 5.74) is 0. The van der Waals surface area contributed by atoms with Crippen molar-refractivity contribution in [2.75, 3.05) is 0 Å². The van der Waals surface area contributed by atoms with Gasteiger partial charge in [-0.1, -0.05) is 0 Å². The molecule has 10 heteroatoms. The molecule has 58 valence electrons. The molecule has 0 saturated carbocycles. The Morgan fingerprint density at radius 2 is 1.70 bits per heavy atom. The molecule has 0 heterocycles. The van der Waals surface area contributed by atoms with E-state index in [0.29, 0.717) is 0 Å². The summed E-state index contributed by atoms with van der Waals surface area (Å²) >= 11 is 0. The Kier molecular flexibility index (Phi) is 5.09. The van der Waals surface area contributed by atoms with E-state index in [9.17, 15) is 13.0 Å². The third kappa shape index (κ3) is 11.4. The molecular weight excluding hydrogens is 182 g/mol. The Balaban J connectivity index is -0.000000320. The van der Waals surface area contributed by atoms with Crippen molar-refractivity contribution >= 4 is 18.2 Å². The van der Waals surface area contributed by atoms with E-state index in [0.717, 1.165) is 0 Å². The summed E-state index contributed by atoms with van der Waals surface area (Å²) < 4.78 is 39.0. The fourth-order valence-electron chi connectivity index (χ4n) is 0.123. The molecule has 0 aliphatic heterocycles. The van der Waals surface area contributed by atoms with Crippen LogP contribution in [0.3, 0.4) is 0 Å². The molecule has 0 unspecified atom stereocenters. The first kappa shape index (κ1) is 13.2. The van der Waals surface area contributed by atoms with Gasteiger partial charge in [0.15, 0.2) is 0 Å². The first-order valence-electron chi connectivity index (χ1n) is 1.45. The zero-order valence-corrected chi connectivity index (χ0v) is 6.54. The van der Waals surface area contributed by atoms with Gasteiger partial charge in [0, 0.05) is 0 Å². The van der Waals surface area contributed by atoms with Crippen LogP contribution in [0.25, 0.3) is 0 Å². The Morgan fingerprint density at radius 3 is 1.70 bits per heavy atom. The van der Waals surface area contributed by atoms with Crippen LogP contribution in [0, 0.1) is 0 Å². The van der Waals surface area contributed by atoms with Crippen molar-refractivity contribution in [1.82, 2.24) is 0 Å². The summed E-state index contributed by atoms with van der Waals surface area (Å²) in [7, 11) is -10.2. The Hall–Kier alpha value is 0.617. The topological polar surface area (TPSA) is 121 Å². The Bertz CT molecular complexity index is 225. The normalized spacial score (nSPS) is 12.3. The third-order valence-electron chi connectivity index (χ3n) is 0.191. The molecule has 7 nitrogen and oxygen atoms in total. The van der Waals surface area contributed by atoms with Crippen molar-refractivity contribution in [2.45, 2.75) is 0 Å². The largest absolute Gasteiger partial charge is 1.00 e. The third-order valence-corrected chi connectivity index (χ3v) is 1.72. The van der Waals surface area contributed by atoms with E-state index >= 15 is 0 Å². The van der Waals surface area contributed by atoms with Gasteiger partial charge in [0.05, 0.1) is 0 Å². The molecule has 0 aromatic heterocycles. The van der Waals surface area contributed by atoms with Crippen molar-refractivity contribution in [3.05, 3.63) is 0 Å². The van der Waals surface area contributed by atoms with Crippen molar-refractivity contribution in [3.63, 3.8) is 0 Å². The predicted molar refractivity (Wildman–Crippen MR) is 25.8 cm³/mol. The Morgan fingerprint density at radius 1 is 1.40 bits per heavy atom. The SMILES string of the molecule is O=P(O)(O)OS(=O)(=O)O.[H-].[Li+]. The van der Waals surface area contributed by atoms with E-state index in [2.05, 4.69) is 3.97 Å². The van der Waals surface area contributed by atoms with Gasteiger partial charge in [0.2, 0.25) is 0 Å². The smallest absolute Gasteiger partial charge is 1.00 e. The minimum absolute atomic E-state index is 0. The zero-order chi connectivity index (χ0) is 7.71. The molecule has 0 aromatic carbocycles. The monoisotopic (exact) mass is 186 g/mol. The molecule has 0 amide bonds. The van der Waals surface area contributed by atoms with Crippen LogP contribution in [-0.2, 0) is 18.9 Å². The summed E-state index contributed by atoms with van der Waals surface area (Å²) in [5.74, 6) is 0. The van der Waals surface area contributed by atoms with Crippen molar-refractivity contribution < 1.29 is 51.6 Å². The second kappa shape index (κ2) is 3.85. The maximum Gasteiger partial charge on any atom is 1.00 e. The van der Waals surface area contributed by atoms with E-state index in [4.69, 9.17) is 14.3 Å². The molecule has 10 heavy (non-hydrogen) atoms. The number of hydrogen-bond acceptors (Lipinski definition) is 4. The van der Waals surface area contributed by atoms with Crippen molar-refractivity contribution in [2.24, 2.45) is 0 Å². The average molecular weight is 186 g/mol. The Labute approximate surface area is 70.2 Å². The van der Waals surface area contributed by atoms with E-state index in [1.807, 2.05) is 0 Å². The molecule has 0 aliphatic carbocycles. The average Bonchev–Trinajstić information content (AvgIpc) is 1.14.